The van der Waals surface area contributed by atoms with E-state index in [2.05, 4.69) is 26.1 Å². The molecule has 0 amide bonds. The molecule has 0 fully saturated rings. The Morgan fingerprint density at radius 2 is 2.00 bits per heavy atom. The third kappa shape index (κ3) is 5.81. The zero-order valence-electron chi connectivity index (χ0n) is 12.1. The number of hydrogen-bond donors (Lipinski definition) is 2. The number of rotatable bonds is 7. The molecule has 0 aliphatic heterocycles. The van der Waals surface area contributed by atoms with Crippen LogP contribution in [0.1, 0.15) is 26.3 Å². The zero-order valence-corrected chi connectivity index (χ0v) is 12.9. The lowest BCUT2D eigenvalue weighted by Crippen LogP contribution is -2.38. The molecule has 0 aromatic heterocycles. The molecule has 2 atom stereocenters. The lowest BCUT2D eigenvalue weighted by molar-refractivity contribution is 0.102. The van der Waals surface area contributed by atoms with Crippen molar-refractivity contribution in [2.75, 3.05) is 13.2 Å². The Morgan fingerprint density at radius 1 is 1.32 bits per heavy atom. The summed E-state index contributed by atoms with van der Waals surface area (Å²) < 4.78 is 5.55. The summed E-state index contributed by atoms with van der Waals surface area (Å²) in [5.41, 5.74) is 0.972. The number of halogens is 1. The maximum Gasteiger partial charge on any atom is 0.119 e. The Morgan fingerprint density at radius 3 is 2.58 bits per heavy atom. The highest BCUT2D eigenvalue weighted by Crippen LogP contribution is 2.21. The van der Waals surface area contributed by atoms with E-state index in [1.807, 2.05) is 19.1 Å². The lowest BCUT2D eigenvalue weighted by Gasteiger charge is -2.20. The number of aryl methyl sites for hydroxylation is 1. The van der Waals surface area contributed by atoms with Gasteiger partial charge in [-0.15, -0.1) is 0 Å². The molecule has 3 nitrogen and oxygen atoms in total. The maximum absolute atomic E-state index is 9.85. The fourth-order valence-electron chi connectivity index (χ4n) is 1.52. The van der Waals surface area contributed by atoms with Crippen molar-refractivity contribution in [3.8, 4) is 5.75 Å². The lowest BCUT2D eigenvalue weighted by atomic mass is 10.1. The zero-order chi connectivity index (χ0) is 14.4. The first-order valence-electron chi connectivity index (χ1n) is 6.70. The van der Waals surface area contributed by atoms with Crippen LogP contribution in [0.2, 0.25) is 5.02 Å². The number of hydrogen-bond acceptors (Lipinski definition) is 3. The third-order valence-corrected chi connectivity index (χ3v) is 3.67. The van der Waals surface area contributed by atoms with Gasteiger partial charge >= 0.3 is 0 Å². The van der Waals surface area contributed by atoms with Gasteiger partial charge in [0.15, 0.2) is 0 Å². The minimum atomic E-state index is -0.516. The molecule has 0 radical (unpaired) electrons. The largest absolute Gasteiger partial charge is 0.491 e. The molecule has 0 saturated carbocycles. The summed E-state index contributed by atoms with van der Waals surface area (Å²) in [6.07, 6.45) is -0.516. The standard InChI is InChI=1S/C15H24ClNO2/c1-10(2)12(4)17-8-13(18)9-19-14-5-6-15(16)11(3)7-14/h5-7,10,12-13,17-18H,8-9H2,1-4H3. The minimum Gasteiger partial charge on any atom is -0.491 e. The van der Waals surface area contributed by atoms with Gasteiger partial charge in [-0.25, -0.2) is 0 Å². The normalized spacial score (nSPS) is 14.5. The highest BCUT2D eigenvalue weighted by molar-refractivity contribution is 6.31. The molecule has 1 aromatic carbocycles. The van der Waals surface area contributed by atoms with Crippen LogP contribution in [0.5, 0.6) is 5.75 Å². The Hall–Kier alpha value is -0.770. The van der Waals surface area contributed by atoms with E-state index in [4.69, 9.17) is 16.3 Å². The molecule has 0 aliphatic carbocycles. The van der Waals surface area contributed by atoms with Gasteiger partial charge < -0.3 is 15.2 Å². The van der Waals surface area contributed by atoms with Crippen LogP contribution < -0.4 is 10.1 Å². The van der Waals surface area contributed by atoms with Crippen molar-refractivity contribution in [1.29, 1.82) is 0 Å². The maximum atomic E-state index is 9.85. The van der Waals surface area contributed by atoms with E-state index in [9.17, 15) is 5.11 Å². The molecular weight excluding hydrogens is 262 g/mol. The van der Waals surface area contributed by atoms with Crippen LogP contribution in [0.25, 0.3) is 0 Å². The molecule has 1 rings (SSSR count). The van der Waals surface area contributed by atoms with E-state index in [1.54, 1.807) is 6.07 Å². The fourth-order valence-corrected chi connectivity index (χ4v) is 1.63. The molecule has 1 aromatic rings. The van der Waals surface area contributed by atoms with Crippen molar-refractivity contribution in [2.45, 2.75) is 39.8 Å². The fraction of sp³-hybridized carbons (Fsp3) is 0.600. The van der Waals surface area contributed by atoms with Gasteiger partial charge in [-0.2, -0.15) is 0 Å². The summed E-state index contributed by atoms with van der Waals surface area (Å²) >= 11 is 5.94. The van der Waals surface area contributed by atoms with Crippen LogP contribution in [-0.4, -0.2) is 30.4 Å². The van der Waals surface area contributed by atoms with Crippen LogP contribution in [-0.2, 0) is 0 Å². The van der Waals surface area contributed by atoms with Crippen LogP contribution in [0.15, 0.2) is 18.2 Å². The molecule has 0 bridgehead atoms. The Labute approximate surface area is 120 Å². The second-order valence-electron chi connectivity index (χ2n) is 5.32. The Kier molecular flexibility index (Phi) is 6.63. The summed E-state index contributed by atoms with van der Waals surface area (Å²) in [7, 11) is 0. The summed E-state index contributed by atoms with van der Waals surface area (Å²) in [6.45, 7) is 9.15. The minimum absolute atomic E-state index is 0.277. The topological polar surface area (TPSA) is 41.5 Å². The highest BCUT2D eigenvalue weighted by Gasteiger charge is 2.10. The number of ether oxygens (including phenoxy) is 1. The van der Waals surface area contributed by atoms with Crippen molar-refractivity contribution >= 4 is 11.6 Å². The third-order valence-electron chi connectivity index (χ3n) is 3.25. The average molecular weight is 286 g/mol. The average Bonchev–Trinajstić information content (AvgIpc) is 2.37. The van der Waals surface area contributed by atoms with Gasteiger partial charge in [-0.3, -0.25) is 0 Å². The van der Waals surface area contributed by atoms with Crippen molar-refractivity contribution in [3.63, 3.8) is 0 Å². The first-order chi connectivity index (χ1) is 8.90. The van der Waals surface area contributed by atoms with Gasteiger partial charge in [0.2, 0.25) is 0 Å². The monoisotopic (exact) mass is 285 g/mol. The van der Waals surface area contributed by atoms with Gasteiger partial charge in [0.1, 0.15) is 18.5 Å². The second kappa shape index (κ2) is 7.73. The summed E-state index contributed by atoms with van der Waals surface area (Å²) in [6, 6.07) is 5.87. The summed E-state index contributed by atoms with van der Waals surface area (Å²) in [5.74, 6) is 1.28. The molecule has 0 aliphatic rings. The summed E-state index contributed by atoms with van der Waals surface area (Å²) in [5, 5.41) is 13.9. The predicted octanol–water partition coefficient (Wildman–Crippen LogP) is 3.02. The van der Waals surface area contributed by atoms with Crippen molar-refractivity contribution < 1.29 is 9.84 Å². The van der Waals surface area contributed by atoms with E-state index in [1.165, 1.54) is 0 Å². The predicted molar refractivity (Wildman–Crippen MR) is 80.0 cm³/mol. The number of benzene rings is 1. The first kappa shape index (κ1) is 16.3. The van der Waals surface area contributed by atoms with Crippen molar-refractivity contribution in [3.05, 3.63) is 28.8 Å². The van der Waals surface area contributed by atoms with Crippen LogP contribution in [0.3, 0.4) is 0 Å². The quantitative estimate of drug-likeness (QED) is 0.809. The van der Waals surface area contributed by atoms with Gasteiger partial charge in [-0.05, 0) is 43.5 Å². The smallest absolute Gasteiger partial charge is 0.119 e. The van der Waals surface area contributed by atoms with Gasteiger partial charge in [-0.1, -0.05) is 25.4 Å². The van der Waals surface area contributed by atoms with E-state index >= 15 is 0 Å². The first-order valence-corrected chi connectivity index (χ1v) is 7.08. The second-order valence-corrected chi connectivity index (χ2v) is 5.72. The van der Waals surface area contributed by atoms with E-state index in [0.717, 1.165) is 16.3 Å². The molecule has 0 saturated heterocycles. The van der Waals surface area contributed by atoms with Crippen LogP contribution >= 0.6 is 11.6 Å². The number of aliphatic hydroxyl groups is 1. The Balaban J connectivity index is 2.33. The molecule has 2 unspecified atom stereocenters. The number of nitrogens with one attached hydrogen (secondary N) is 1. The summed E-state index contributed by atoms with van der Waals surface area (Å²) in [4.78, 5) is 0. The molecule has 0 spiro atoms. The number of aliphatic hydroxyl groups excluding tert-OH is 1. The molecule has 0 heterocycles. The van der Waals surface area contributed by atoms with Gasteiger partial charge in [0, 0.05) is 17.6 Å². The molecule has 4 heteroatoms. The highest BCUT2D eigenvalue weighted by atomic mass is 35.5. The van der Waals surface area contributed by atoms with Crippen molar-refractivity contribution in [2.24, 2.45) is 5.92 Å². The van der Waals surface area contributed by atoms with E-state index in [-0.39, 0.29) is 6.61 Å². The van der Waals surface area contributed by atoms with Crippen LogP contribution in [0.4, 0.5) is 0 Å². The van der Waals surface area contributed by atoms with Crippen LogP contribution in [0, 0.1) is 12.8 Å². The molecule has 108 valence electrons. The Bertz CT molecular complexity index is 396. The SMILES string of the molecule is Cc1cc(OCC(O)CNC(C)C(C)C)ccc1Cl. The van der Waals surface area contributed by atoms with E-state index in [0.29, 0.717) is 18.5 Å². The van der Waals surface area contributed by atoms with Gasteiger partial charge in [0.25, 0.3) is 0 Å². The molecular formula is C15H24ClNO2. The van der Waals surface area contributed by atoms with Crippen molar-refractivity contribution in [1.82, 2.24) is 5.32 Å². The van der Waals surface area contributed by atoms with E-state index < -0.39 is 6.10 Å². The molecule has 19 heavy (non-hydrogen) atoms. The molecule has 2 N–H and O–H groups in total. The van der Waals surface area contributed by atoms with Gasteiger partial charge in [0.05, 0.1) is 0 Å².